The minimum absolute atomic E-state index is 0.339. The van der Waals surface area contributed by atoms with Crippen LogP contribution in [0, 0.1) is 11.6 Å². The predicted octanol–water partition coefficient (Wildman–Crippen LogP) is 4.83. The molecule has 2 aromatic rings. The highest BCUT2D eigenvalue weighted by Crippen LogP contribution is 2.41. The summed E-state index contributed by atoms with van der Waals surface area (Å²) in [5.74, 6) is -0.137. The first-order valence-corrected chi connectivity index (χ1v) is 7.46. The molecular weight excluding hydrogens is 366 g/mol. The zero-order chi connectivity index (χ0) is 15.0. The molecule has 0 aromatic heterocycles. The van der Waals surface area contributed by atoms with Gasteiger partial charge < -0.3 is 9.47 Å². The van der Waals surface area contributed by atoms with E-state index in [0.29, 0.717) is 40.3 Å². The zero-order valence-electron chi connectivity index (χ0n) is 10.7. The van der Waals surface area contributed by atoms with E-state index in [4.69, 9.17) is 21.1 Å². The maximum atomic E-state index is 13.3. The molecule has 1 atom stereocenters. The van der Waals surface area contributed by atoms with E-state index >= 15 is 0 Å². The number of halogens is 4. The Morgan fingerprint density at radius 2 is 1.52 bits per heavy atom. The van der Waals surface area contributed by atoms with Crippen LogP contribution in [0.2, 0.25) is 0 Å². The third-order valence-corrected chi connectivity index (χ3v) is 4.29. The summed E-state index contributed by atoms with van der Waals surface area (Å²) in [4.78, 5) is 0. The van der Waals surface area contributed by atoms with E-state index in [0.717, 1.165) is 6.07 Å². The Morgan fingerprint density at radius 1 is 0.952 bits per heavy atom. The second kappa shape index (κ2) is 5.81. The average molecular weight is 376 g/mol. The van der Waals surface area contributed by atoms with E-state index < -0.39 is 17.0 Å². The Labute approximate surface area is 133 Å². The van der Waals surface area contributed by atoms with Crippen molar-refractivity contribution in [2.75, 3.05) is 13.2 Å². The summed E-state index contributed by atoms with van der Waals surface area (Å²) < 4.78 is 38.3. The molecule has 0 N–H and O–H groups in total. The maximum absolute atomic E-state index is 13.3. The average Bonchev–Trinajstić information content (AvgIpc) is 2.44. The number of hydrogen-bond donors (Lipinski definition) is 0. The SMILES string of the molecule is Fc1cc(F)cc(C(Cl)c2cc3c(cc2Br)OCCO3)c1. The smallest absolute Gasteiger partial charge is 0.162 e. The lowest BCUT2D eigenvalue weighted by Gasteiger charge is -2.21. The molecule has 0 amide bonds. The molecule has 1 heterocycles. The predicted molar refractivity (Wildman–Crippen MR) is 79.2 cm³/mol. The summed E-state index contributed by atoms with van der Waals surface area (Å²) in [7, 11) is 0. The van der Waals surface area contributed by atoms with Gasteiger partial charge in [0.05, 0.1) is 5.38 Å². The standard InChI is InChI=1S/C15H10BrClF2O2/c16-12-7-14-13(20-1-2-21-14)6-11(12)15(17)8-3-9(18)5-10(19)4-8/h3-7,15H,1-2H2. The number of alkyl halides is 1. The van der Waals surface area contributed by atoms with Crippen molar-refractivity contribution >= 4 is 27.5 Å². The largest absolute Gasteiger partial charge is 0.486 e. The summed E-state index contributed by atoms with van der Waals surface area (Å²) in [5, 5.41) is -0.708. The van der Waals surface area contributed by atoms with Crippen LogP contribution < -0.4 is 9.47 Å². The molecular formula is C15H10BrClF2O2. The van der Waals surface area contributed by atoms with Crippen molar-refractivity contribution in [1.29, 1.82) is 0 Å². The molecule has 0 bridgehead atoms. The van der Waals surface area contributed by atoms with Crippen molar-refractivity contribution in [2.24, 2.45) is 0 Å². The first-order valence-electron chi connectivity index (χ1n) is 6.23. The molecule has 1 unspecified atom stereocenters. The van der Waals surface area contributed by atoms with Crippen LogP contribution in [-0.4, -0.2) is 13.2 Å². The molecule has 2 nitrogen and oxygen atoms in total. The summed E-state index contributed by atoms with van der Waals surface area (Å²) >= 11 is 9.77. The van der Waals surface area contributed by atoms with E-state index in [1.54, 1.807) is 12.1 Å². The van der Waals surface area contributed by atoms with Gasteiger partial charge in [-0.2, -0.15) is 0 Å². The van der Waals surface area contributed by atoms with Gasteiger partial charge in [-0.05, 0) is 35.4 Å². The van der Waals surface area contributed by atoms with Crippen molar-refractivity contribution < 1.29 is 18.3 Å². The Kier molecular flexibility index (Phi) is 4.04. The van der Waals surface area contributed by atoms with Gasteiger partial charge in [-0.1, -0.05) is 15.9 Å². The van der Waals surface area contributed by atoms with Crippen molar-refractivity contribution in [1.82, 2.24) is 0 Å². The lowest BCUT2D eigenvalue weighted by Crippen LogP contribution is -2.15. The molecule has 3 rings (SSSR count). The van der Waals surface area contributed by atoms with Crippen LogP contribution in [0.25, 0.3) is 0 Å². The molecule has 0 saturated heterocycles. The third-order valence-electron chi connectivity index (χ3n) is 3.11. The zero-order valence-corrected chi connectivity index (χ0v) is 13.0. The number of fused-ring (bicyclic) bond motifs is 1. The fraction of sp³-hybridized carbons (Fsp3) is 0.200. The fourth-order valence-electron chi connectivity index (χ4n) is 2.17. The van der Waals surface area contributed by atoms with Gasteiger partial charge in [0.15, 0.2) is 11.5 Å². The molecule has 0 spiro atoms. The van der Waals surface area contributed by atoms with Crippen LogP contribution in [0.4, 0.5) is 8.78 Å². The van der Waals surface area contributed by atoms with Gasteiger partial charge >= 0.3 is 0 Å². The molecule has 0 saturated carbocycles. The van der Waals surface area contributed by atoms with Crippen LogP contribution in [0.1, 0.15) is 16.5 Å². The second-order valence-electron chi connectivity index (χ2n) is 4.58. The van der Waals surface area contributed by atoms with Gasteiger partial charge in [-0.25, -0.2) is 8.78 Å². The summed E-state index contributed by atoms with van der Waals surface area (Å²) in [6, 6.07) is 6.70. The molecule has 110 valence electrons. The molecule has 21 heavy (non-hydrogen) atoms. The van der Waals surface area contributed by atoms with Gasteiger partial charge in [-0.15, -0.1) is 11.6 Å². The molecule has 1 aliphatic rings. The van der Waals surface area contributed by atoms with Crippen LogP contribution in [0.3, 0.4) is 0 Å². The van der Waals surface area contributed by atoms with Crippen molar-refractivity contribution in [3.05, 3.63) is 57.6 Å². The van der Waals surface area contributed by atoms with E-state index in [9.17, 15) is 8.78 Å². The molecule has 1 aliphatic heterocycles. The topological polar surface area (TPSA) is 18.5 Å². The number of hydrogen-bond acceptors (Lipinski definition) is 2. The lowest BCUT2D eigenvalue weighted by molar-refractivity contribution is 0.171. The monoisotopic (exact) mass is 374 g/mol. The van der Waals surface area contributed by atoms with Gasteiger partial charge in [0.2, 0.25) is 0 Å². The summed E-state index contributed by atoms with van der Waals surface area (Å²) in [5.41, 5.74) is 0.998. The highest BCUT2D eigenvalue weighted by molar-refractivity contribution is 9.10. The first-order chi connectivity index (χ1) is 10.0. The van der Waals surface area contributed by atoms with E-state index in [2.05, 4.69) is 15.9 Å². The highest BCUT2D eigenvalue weighted by atomic mass is 79.9. The summed E-state index contributed by atoms with van der Waals surface area (Å²) in [6.45, 7) is 0.938. The van der Waals surface area contributed by atoms with Crippen molar-refractivity contribution in [3.8, 4) is 11.5 Å². The van der Waals surface area contributed by atoms with Crippen molar-refractivity contribution in [3.63, 3.8) is 0 Å². The number of benzene rings is 2. The quantitative estimate of drug-likeness (QED) is 0.700. The van der Waals surface area contributed by atoms with E-state index in [-0.39, 0.29) is 0 Å². The maximum Gasteiger partial charge on any atom is 0.162 e. The normalized spacial score (nSPS) is 14.9. The van der Waals surface area contributed by atoms with Crippen LogP contribution in [0.5, 0.6) is 11.5 Å². The summed E-state index contributed by atoms with van der Waals surface area (Å²) in [6.07, 6.45) is 0. The minimum Gasteiger partial charge on any atom is -0.486 e. The fourth-order valence-corrected chi connectivity index (χ4v) is 3.16. The van der Waals surface area contributed by atoms with Crippen molar-refractivity contribution in [2.45, 2.75) is 5.38 Å². The van der Waals surface area contributed by atoms with Gasteiger partial charge in [-0.3, -0.25) is 0 Å². The van der Waals surface area contributed by atoms with Gasteiger partial charge in [0.25, 0.3) is 0 Å². The number of ether oxygens (including phenoxy) is 2. The molecule has 0 fully saturated rings. The van der Waals surface area contributed by atoms with E-state index in [1.165, 1.54) is 12.1 Å². The Balaban J connectivity index is 2.02. The molecule has 0 aliphatic carbocycles. The lowest BCUT2D eigenvalue weighted by atomic mass is 10.0. The van der Waals surface area contributed by atoms with Crippen LogP contribution >= 0.6 is 27.5 Å². The van der Waals surface area contributed by atoms with Crippen LogP contribution in [-0.2, 0) is 0 Å². The minimum atomic E-state index is -0.708. The molecule has 6 heteroatoms. The van der Waals surface area contributed by atoms with E-state index in [1.807, 2.05) is 0 Å². The highest BCUT2D eigenvalue weighted by Gasteiger charge is 2.21. The number of rotatable bonds is 2. The molecule has 0 radical (unpaired) electrons. The van der Waals surface area contributed by atoms with Gasteiger partial charge in [0, 0.05) is 10.5 Å². The second-order valence-corrected chi connectivity index (χ2v) is 5.87. The van der Waals surface area contributed by atoms with Crippen LogP contribution in [0.15, 0.2) is 34.8 Å². The Hall–Kier alpha value is -1.33. The first kappa shape index (κ1) is 14.6. The Morgan fingerprint density at radius 3 is 2.14 bits per heavy atom. The van der Waals surface area contributed by atoms with Gasteiger partial charge in [0.1, 0.15) is 24.8 Å². The Bertz CT molecular complexity index is 673. The third kappa shape index (κ3) is 2.99. The molecule has 2 aromatic carbocycles.